The number of methoxy groups -OCH3 is 1. The number of hydrogen-bond donors (Lipinski definition) is 2. The van der Waals surface area contributed by atoms with Gasteiger partial charge in [-0.1, -0.05) is 0 Å². The number of benzene rings is 1. The van der Waals surface area contributed by atoms with Crippen LogP contribution in [0.2, 0.25) is 0 Å². The van der Waals surface area contributed by atoms with Crippen molar-refractivity contribution in [3.05, 3.63) is 24.3 Å². The van der Waals surface area contributed by atoms with Crippen molar-refractivity contribution in [1.82, 2.24) is 5.32 Å². The number of carbonyl (C=O) groups excluding carboxylic acids is 1. The van der Waals surface area contributed by atoms with Gasteiger partial charge in [-0.05, 0) is 57.9 Å². The van der Waals surface area contributed by atoms with E-state index >= 15 is 0 Å². The van der Waals surface area contributed by atoms with E-state index in [2.05, 4.69) is 15.6 Å². The highest BCUT2D eigenvalue weighted by Crippen LogP contribution is 2.16. The van der Waals surface area contributed by atoms with Gasteiger partial charge in [0.2, 0.25) is 0 Å². The fourth-order valence-corrected chi connectivity index (χ4v) is 2.44. The molecule has 0 fully saturated rings. The maximum absolute atomic E-state index is 11.5. The van der Waals surface area contributed by atoms with Gasteiger partial charge in [0.1, 0.15) is 5.75 Å². The van der Waals surface area contributed by atoms with Crippen LogP contribution in [0.4, 0.5) is 5.69 Å². The van der Waals surface area contributed by atoms with E-state index < -0.39 is 0 Å². The molecule has 178 valence electrons. The van der Waals surface area contributed by atoms with Gasteiger partial charge in [0.25, 0.3) is 0 Å². The van der Waals surface area contributed by atoms with Crippen molar-refractivity contribution >= 4 is 41.6 Å². The fraction of sp³-hybridized carbons (Fsp3) is 0.636. The predicted molar refractivity (Wildman–Crippen MR) is 135 cm³/mol. The number of guanidine groups is 1. The lowest BCUT2D eigenvalue weighted by molar-refractivity contribution is -0.143. The standard InChI is InChI=1S/C22H37N3O5.HI/c1-5-29-21(26)8-6-13-23-22(24-14-7-15-28-17-16-27-4)25-19-9-11-20(12-10-19)30-18(2)3;/h9-12,18H,5-8,13-17H2,1-4H3,(H2,23,24,25);1H. The number of anilines is 1. The molecule has 0 radical (unpaired) electrons. The average molecular weight is 551 g/mol. The Hall–Kier alpha value is -1.59. The molecule has 0 aromatic heterocycles. The highest BCUT2D eigenvalue weighted by Gasteiger charge is 2.04. The molecule has 0 heterocycles. The lowest BCUT2D eigenvalue weighted by Crippen LogP contribution is -2.32. The third-order valence-corrected chi connectivity index (χ3v) is 3.79. The molecule has 0 saturated carbocycles. The Bertz CT molecular complexity index is 612. The van der Waals surface area contributed by atoms with E-state index in [9.17, 15) is 4.79 Å². The zero-order valence-electron chi connectivity index (χ0n) is 19.1. The molecule has 0 aliphatic rings. The number of rotatable bonds is 15. The second-order valence-electron chi connectivity index (χ2n) is 6.84. The van der Waals surface area contributed by atoms with Crippen molar-refractivity contribution in [3.63, 3.8) is 0 Å². The molecule has 0 spiro atoms. The molecule has 31 heavy (non-hydrogen) atoms. The first kappa shape index (κ1) is 29.4. The fourth-order valence-electron chi connectivity index (χ4n) is 2.44. The summed E-state index contributed by atoms with van der Waals surface area (Å²) in [5.41, 5.74) is 0.902. The highest BCUT2D eigenvalue weighted by atomic mass is 127. The second kappa shape index (κ2) is 19.1. The molecule has 0 atom stereocenters. The second-order valence-corrected chi connectivity index (χ2v) is 6.84. The first-order valence-electron chi connectivity index (χ1n) is 10.6. The Morgan fingerprint density at radius 2 is 1.84 bits per heavy atom. The molecular formula is C22H38IN3O5. The normalized spacial score (nSPS) is 11.1. The number of ether oxygens (including phenoxy) is 4. The van der Waals surface area contributed by atoms with Gasteiger partial charge < -0.3 is 29.6 Å². The van der Waals surface area contributed by atoms with E-state index in [1.54, 1.807) is 14.0 Å². The van der Waals surface area contributed by atoms with Crippen LogP contribution in [-0.4, -0.2) is 64.7 Å². The number of nitrogens with zero attached hydrogens (tertiary/aromatic N) is 1. The summed E-state index contributed by atoms with van der Waals surface area (Å²) in [6.07, 6.45) is 1.97. The largest absolute Gasteiger partial charge is 0.491 e. The number of aliphatic imine (C=N–C) groups is 1. The monoisotopic (exact) mass is 551 g/mol. The van der Waals surface area contributed by atoms with Crippen LogP contribution in [-0.2, 0) is 19.0 Å². The van der Waals surface area contributed by atoms with Gasteiger partial charge in [0, 0.05) is 38.9 Å². The van der Waals surface area contributed by atoms with E-state index in [1.165, 1.54) is 0 Å². The van der Waals surface area contributed by atoms with Gasteiger partial charge in [-0.25, -0.2) is 0 Å². The van der Waals surface area contributed by atoms with E-state index in [0.29, 0.717) is 58.3 Å². The molecule has 0 aliphatic carbocycles. The molecule has 2 N–H and O–H groups in total. The van der Waals surface area contributed by atoms with Crippen molar-refractivity contribution < 1.29 is 23.7 Å². The lowest BCUT2D eigenvalue weighted by Gasteiger charge is -2.14. The summed E-state index contributed by atoms with van der Waals surface area (Å²) in [5, 5.41) is 6.59. The van der Waals surface area contributed by atoms with Crippen LogP contribution < -0.4 is 15.4 Å². The van der Waals surface area contributed by atoms with Crippen molar-refractivity contribution in [1.29, 1.82) is 0 Å². The summed E-state index contributed by atoms with van der Waals surface area (Å²) in [4.78, 5) is 16.0. The third kappa shape index (κ3) is 15.8. The van der Waals surface area contributed by atoms with E-state index in [4.69, 9.17) is 18.9 Å². The molecule has 9 heteroatoms. The zero-order valence-corrected chi connectivity index (χ0v) is 21.5. The minimum Gasteiger partial charge on any atom is -0.491 e. The number of carbonyl (C=O) groups is 1. The topological polar surface area (TPSA) is 90.4 Å². The first-order valence-corrected chi connectivity index (χ1v) is 10.6. The van der Waals surface area contributed by atoms with Gasteiger partial charge in [-0.3, -0.25) is 9.79 Å². The van der Waals surface area contributed by atoms with E-state index in [-0.39, 0.29) is 36.0 Å². The minimum absolute atomic E-state index is 0. The molecule has 0 unspecified atom stereocenters. The van der Waals surface area contributed by atoms with Crippen LogP contribution in [0.3, 0.4) is 0 Å². The molecule has 0 aliphatic heterocycles. The van der Waals surface area contributed by atoms with Crippen LogP contribution in [0.25, 0.3) is 0 Å². The predicted octanol–water partition coefficient (Wildman–Crippen LogP) is 3.85. The first-order chi connectivity index (χ1) is 14.5. The van der Waals surface area contributed by atoms with Crippen molar-refractivity contribution in [2.45, 2.75) is 46.1 Å². The van der Waals surface area contributed by atoms with Gasteiger partial charge in [-0.2, -0.15) is 0 Å². The van der Waals surface area contributed by atoms with Gasteiger partial charge in [0.15, 0.2) is 5.96 Å². The maximum atomic E-state index is 11.5. The molecule has 1 aromatic carbocycles. The van der Waals surface area contributed by atoms with Gasteiger partial charge in [-0.15, -0.1) is 24.0 Å². The van der Waals surface area contributed by atoms with Crippen molar-refractivity contribution in [3.8, 4) is 5.75 Å². The van der Waals surface area contributed by atoms with Gasteiger partial charge >= 0.3 is 5.97 Å². The van der Waals surface area contributed by atoms with Crippen LogP contribution in [0.5, 0.6) is 5.75 Å². The summed E-state index contributed by atoms with van der Waals surface area (Å²) >= 11 is 0. The minimum atomic E-state index is -0.191. The van der Waals surface area contributed by atoms with E-state index in [0.717, 1.165) is 17.9 Å². The summed E-state index contributed by atoms with van der Waals surface area (Å²) in [7, 11) is 1.66. The lowest BCUT2D eigenvalue weighted by atomic mass is 10.3. The Morgan fingerprint density at radius 1 is 1.10 bits per heavy atom. The number of esters is 1. The Morgan fingerprint density at radius 3 is 2.48 bits per heavy atom. The molecule has 1 rings (SSSR count). The van der Waals surface area contributed by atoms with Crippen molar-refractivity contribution in [2.75, 3.05) is 51.9 Å². The Balaban J connectivity index is 0.00000900. The number of nitrogens with one attached hydrogen (secondary N) is 2. The molecule has 0 bridgehead atoms. The maximum Gasteiger partial charge on any atom is 0.305 e. The third-order valence-electron chi connectivity index (χ3n) is 3.79. The molecule has 0 amide bonds. The summed E-state index contributed by atoms with van der Waals surface area (Å²) in [6.45, 7) is 9.27. The molecule has 1 aromatic rings. The number of halogens is 1. The van der Waals surface area contributed by atoms with E-state index in [1.807, 2.05) is 38.1 Å². The zero-order chi connectivity index (χ0) is 22.0. The van der Waals surface area contributed by atoms with Crippen LogP contribution in [0.1, 0.15) is 40.0 Å². The van der Waals surface area contributed by atoms with Crippen molar-refractivity contribution in [2.24, 2.45) is 4.99 Å². The van der Waals surface area contributed by atoms with Crippen LogP contribution >= 0.6 is 24.0 Å². The highest BCUT2D eigenvalue weighted by molar-refractivity contribution is 14.0. The quantitative estimate of drug-likeness (QED) is 0.113. The molecular weight excluding hydrogens is 513 g/mol. The number of hydrogen-bond acceptors (Lipinski definition) is 6. The summed E-state index contributed by atoms with van der Waals surface area (Å²) in [5.74, 6) is 1.29. The Kier molecular flexibility index (Phi) is 18.1. The van der Waals surface area contributed by atoms with Crippen LogP contribution in [0, 0.1) is 0 Å². The molecule has 0 saturated heterocycles. The smallest absolute Gasteiger partial charge is 0.305 e. The summed E-state index contributed by atoms with van der Waals surface area (Å²) < 4.78 is 21.1. The van der Waals surface area contributed by atoms with Crippen LogP contribution in [0.15, 0.2) is 29.3 Å². The Labute approximate surface area is 203 Å². The van der Waals surface area contributed by atoms with Gasteiger partial charge in [0.05, 0.1) is 25.9 Å². The SMILES string of the molecule is CCOC(=O)CCCN=C(NCCCOCCOC)Nc1ccc(OC(C)C)cc1.I. The summed E-state index contributed by atoms with van der Waals surface area (Å²) in [6, 6.07) is 7.73. The molecule has 8 nitrogen and oxygen atoms in total. The average Bonchev–Trinajstić information content (AvgIpc) is 2.71.